The molecule has 72 valence electrons. The number of aliphatic hydroxyl groups excluding tert-OH is 1. The molecule has 13 heavy (non-hydrogen) atoms. The Morgan fingerprint density at radius 1 is 1.77 bits per heavy atom. The van der Waals surface area contributed by atoms with E-state index >= 15 is 0 Å². The Balaban J connectivity index is 2.49. The van der Waals surface area contributed by atoms with Crippen molar-refractivity contribution in [2.75, 3.05) is 6.54 Å². The Morgan fingerprint density at radius 3 is 2.92 bits per heavy atom. The molecule has 1 atom stereocenters. The van der Waals surface area contributed by atoms with E-state index in [1.54, 1.807) is 13.8 Å². The van der Waals surface area contributed by atoms with E-state index in [1.807, 2.05) is 0 Å². The monoisotopic (exact) mass is 185 g/mol. The second-order valence-corrected chi connectivity index (χ2v) is 2.71. The van der Waals surface area contributed by atoms with Gasteiger partial charge in [0, 0.05) is 6.54 Å². The second kappa shape index (κ2) is 3.99. The van der Waals surface area contributed by atoms with Gasteiger partial charge in [-0.2, -0.15) is 4.98 Å². The summed E-state index contributed by atoms with van der Waals surface area (Å²) in [5.74, 6) is -0.151. The molecule has 0 aliphatic rings. The number of aryl methyl sites for hydroxylation is 1. The number of aromatic nitrogens is 2. The molecule has 0 saturated heterocycles. The molecule has 0 spiro atoms. The third-order valence-corrected chi connectivity index (χ3v) is 1.28. The van der Waals surface area contributed by atoms with Gasteiger partial charge in [0.05, 0.1) is 6.10 Å². The fourth-order valence-electron chi connectivity index (χ4n) is 0.705. The molecule has 0 saturated carbocycles. The van der Waals surface area contributed by atoms with Crippen molar-refractivity contribution in [1.29, 1.82) is 0 Å². The molecule has 6 heteroatoms. The minimum Gasteiger partial charge on any atom is -0.392 e. The fourth-order valence-corrected chi connectivity index (χ4v) is 0.705. The molecule has 1 amide bonds. The Labute approximate surface area is 74.9 Å². The average Bonchev–Trinajstić information content (AvgIpc) is 2.47. The van der Waals surface area contributed by atoms with Crippen molar-refractivity contribution in [2.24, 2.45) is 0 Å². The number of hydrogen-bond acceptors (Lipinski definition) is 5. The van der Waals surface area contributed by atoms with Crippen LogP contribution < -0.4 is 5.32 Å². The van der Waals surface area contributed by atoms with Gasteiger partial charge >= 0.3 is 11.8 Å². The summed E-state index contributed by atoms with van der Waals surface area (Å²) in [5, 5.41) is 14.8. The van der Waals surface area contributed by atoms with Gasteiger partial charge < -0.3 is 14.9 Å². The van der Waals surface area contributed by atoms with Gasteiger partial charge in [-0.15, -0.1) is 0 Å². The van der Waals surface area contributed by atoms with Gasteiger partial charge in [-0.05, 0) is 13.8 Å². The number of rotatable bonds is 3. The van der Waals surface area contributed by atoms with Gasteiger partial charge in [-0.25, -0.2) is 0 Å². The first-order valence-electron chi connectivity index (χ1n) is 3.86. The lowest BCUT2D eigenvalue weighted by molar-refractivity contribution is 0.0880. The SMILES string of the molecule is Cc1noc(C(=O)NCC(C)O)n1. The topological polar surface area (TPSA) is 88.2 Å². The zero-order valence-electron chi connectivity index (χ0n) is 7.44. The predicted molar refractivity (Wildman–Crippen MR) is 43.0 cm³/mol. The predicted octanol–water partition coefficient (Wildman–Crippen LogP) is -0.511. The van der Waals surface area contributed by atoms with Crippen LogP contribution in [0.25, 0.3) is 0 Å². The van der Waals surface area contributed by atoms with Crippen LogP contribution in [-0.2, 0) is 0 Å². The van der Waals surface area contributed by atoms with Crippen molar-refractivity contribution in [3.05, 3.63) is 11.7 Å². The largest absolute Gasteiger partial charge is 0.392 e. The number of carbonyl (C=O) groups excluding carboxylic acids is 1. The van der Waals surface area contributed by atoms with Crippen molar-refractivity contribution in [1.82, 2.24) is 15.5 Å². The number of carbonyl (C=O) groups is 1. The minimum atomic E-state index is -0.590. The van der Waals surface area contributed by atoms with E-state index in [2.05, 4.69) is 20.0 Å². The fraction of sp³-hybridized carbons (Fsp3) is 0.571. The van der Waals surface area contributed by atoms with E-state index in [0.29, 0.717) is 5.82 Å². The summed E-state index contributed by atoms with van der Waals surface area (Å²) < 4.78 is 4.60. The van der Waals surface area contributed by atoms with Crippen LogP contribution in [0.5, 0.6) is 0 Å². The van der Waals surface area contributed by atoms with Crippen LogP contribution in [0, 0.1) is 6.92 Å². The highest BCUT2D eigenvalue weighted by Crippen LogP contribution is 1.94. The highest BCUT2D eigenvalue weighted by atomic mass is 16.5. The maximum atomic E-state index is 11.1. The third-order valence-electron chi connectivity index (χ3n) is 1.28. The molecule has 1 aromatic heterocycles. The quantitative estimate of drug-likeness (QED) is 0.662. The Morgan fingerprint density at radius 2 is 2.46 bits per heavy atom. The van der Waals surface area contributed by atoms with Crippen molar-refractivity contribution in [3.63, 3.8) is 0 Å². The van der Waals surface area contributed by atoms with E-state index in [1.165, 1.54) is 0 Å². The first-order chi connectivity index (χ1) is 6.09. The lowest BCUT2D eigenvalue weighted by Gasteiger charge is -2.03. The molecule has 1 rings (SSSR count). The summed E-state index contributed by atoms with van der Waals surface area (Å²) in [4.78, 5) is 14.9. The van der Waals surface area contributed by atoms with Crippen molar-refractivity contribution >= 4 is 5.91 Å². The lowest BCUT2D eigenvalue weighted by Crippen LogP contribution is -2.30. The third kappa shape index (κ3) is 2.83. The number of nitrogens with one attached hydrogen (secondary N) is 1. The summed E-state index contributed by atoms with van der Waals surface area (Å²) in [7, 11) is 0. The van der Waals surface area contributed by atoms with Gasteiger partial charge in [0.25, 0.3) is 0 Å². The lowest BCUT2D eigenvalue weighted by atomic mass is 10.4. The smallest absolute Gasteiger partial charge is 0.315 e. The zero-order chi connectivity index (χ0) is 9.84. The van der Waals surface area contributed by atoms with Crippen LogP contribution in [0.15, 0.2) is 4.52 Å². The van der Waals surface area contributed by atoms with Crippen LogP contribution in [-0.4, -0.2) is 33.8 Å². The van der Waals surface area contributed by atoms with Gasteiger partial charge in [0.1, 0.15) is 0 Å². The van der Waals surface area contributed by atoms with Crippen LogP contribution in [0.1, 0.15) is 23.4 Å². The highest BCUT2D eigenvalue weighted by molar-refractivity contribution is 5.89. The molecule has 6 nitrogen and oxygen atoms in total. The molecule has 0 radical (unpaired) electrons. The van der Waals surface area contributed by atoms with Gasteiger partial charge in [0.15, 0.2) is 5.82 Å². The molecule has 0 fully saturated rings. The number of amides is 1. The van der Waals surface area contributed by atoms with Crippen molar-refractivity contribution in [3.8, 4) is 0 Å². The molecule has 1 unspecified atom stereocenters. The van der Waals surface area contributed by atoms with E-state index in [-0.39, 0.29) is 12.4 Å². The average molecular weight is 185 g/mol. The van der Waals surface area contributed by atoms with Crippen LogP contribution in [0.4, 0.5) is 0 Å². The second-order valence-electron chi connectivity index (χ2n) is 2.71. The van der Waals surface area contributed by atoms with Crippen LogP contribution in [0.2, 0.25) is 0 Å². The highest BCUT2D eigenvalue weighted by Gasteiger charge is 2.13. The van der Waals surface area contributed by atoms with Crippen molar-refractivity contribution in [2.45, 2.75) is 20.0 Å². The maximum Gasteiger partial charge on any atom is 0.315 e. The Hall–Kier alpha value is -1.43. The molecule has 0 aliphatic heterocycles. The summed E-state index contributed by atoms with van der Waals surface area (Å²) in [6.45, 7) is 3.36. The molecule has 2 N–H and O–H groups in total. The number of hydrogen-bond donors (Lipinski definition) is 2. The zero-order valence-corrected chi connectivity index (χ0v) is 7.44. The molecule has 1 heterocycles. The van der Waals surface area contributed by atoms with E-state index in [4.69, 9.17) is 5.11 Å². The van der Waals surface area contributed by atoms with Crippen LogP contribution in [0.3, 0.4) is 0 Å². The minimum absolute atomic E-state index is 0.0850. The summed E-state index contributed by atoms with van der Waals surface area (Å²) >= 11 is 0. The molecule has 0 bridgehead atoms. The molecule has 1 aromatic rings. The van der Waals surface area contributed by atoms with Gasteiger partial charge in [-0.1, -0.05) is 5.16 Å². The van der Waals surface area contributed by atoms with E-state index < -0.39 is 12.0 Å². The summed E-state index contributed by atoms with van der Waals surface area (Å²) in [6.07, 6.45) is -0.590. The molecule has 0 aromatic carbocycles. The molecular formula is C7H11N3O3. The Bertz CT molecular complexity index is 295. The summed E-state index contributed by atoms with van der Waals surface area (Å²) in [5.41, 5.74) is 0. The maximum absolute atomic E-state index is 11.1. The standard InChI is InChI=1S/C7H11N3O3/c1-4(11)3-8-6(12)7-9-5(2)10-13-7/h4,11H,3H2,1-2H3,(H,8,12). The van der Waals surface area contributed by atoms with E-state index in [0.717, 1.165) is 0 Å². The number of nitrogens with zero attached hydrogens (tertiary/aromatic N) is 2. The number of aliphatic hydroxyl groups is 1. The summed E-state index contributed by atoms with van der Waals surface area (Å²) in [6, 6.07) is 0. The Kier molecular flexibility index (Phi) is 2.97. The van der Waals surface area contributed by atoms with E-state index in [9.17, 15) is 4.79 Å². The van der Waals surface area contributed by atoms with Crippen LogP contribution >= 0.6 is 0 Å². The van der Waals surface area contributed by atoms with Gasteiger partial charge in [0.2, 0.25) is 0 Å². The normalized spacial score (nSPS) is 12.5. The first kappa shape index (κ1) is 9.66. The van der Waals surface area contributed by atoms with Crippen molar-refractivity contribution < 1.29 is 14.4 Å². The molecule has 0 aliphatic carbocycles. The van der Waals surface area contributed by atoms with Gasteiger partial charge in [-0.3, -0.25) is 4.79 Å². The first-order valence-corrected chi connectivity index (χ1v) is 3.86. The molecular weight excluding hydrogens is 174 g/mol.